The first-order valence-electron chi connectivity index (χ1n) is 7.10. The van der Waals surface area contributed by atoms with Crippen LogP contribution in [0, 0.1) is 0 Å². The summed E-state index contributed by atoms with van der Waals surface area (Å²) in [4.78, 5) is 4.14. The van der Waals surface area contributed by atoms with E-state index in [1.165, 1.54) is 0 Å². The highest BCUT2D eigenvalue weighted by Crippen LogP contribution is 2.28. The molecular formula is C14H23N3O2S. The highest BCUT2D eigenvalue weighted by molar-refractivity contribution is 7.89. The van der Waals surface area contributed by atoms with E-state index in [0.29, 0.717) is 6.54 Å². The van der Waals surface area contributed by atoms with E-state index in [-0.39, 0.29) is 17.1 Å². The molecule has 1 aliphatic rings. The number of sulfonamides is 1. The maximum atomic E-state index is 12.7. The molecule has 0 unspecified atom stereocenters. The summed E-state index contributed by atoms with van der Waals surface area (Å²) in [6, 6.07) is 3.51. The summed E-state index contributed by atoms with van der Waals surface area (Å²) >= 11 is 0. The lowest BCUT2D eigenvalue weighted by atomic mass is 10.0. The fourth-order valence-corrected chi connectivity index (χ4v) is 4.65. The van der Waals surface area contributed by atoms with Gasteiger partial charge in [-0.15, -0.1) is 0 Å². The molecule has 0 aromatic carbocycles. The fourth-order valence-electron chi connectivity index (χ4n) is 2.85. The molecule has 0 saturated carbocycles. The fraction of sp³-hybridized carbons (Fsp3) is 0.643. The Balaban J connectivity index is 2.29. The zero-order valence-electron chi connectivity index (χ0n) is 12.3. The van der Waals surface area contributed by atoms with Crippen LogP contribution < -0.4 is 5.32 Å². The number of hydrogen-bond acceptors (Lipinski definition) is 4. The lowest BCUT2D eigenvalue weighted by molar-refractivity contribution is 0.203. The molecule has 1 fully saturated rings. The predicted molar refractivity (Wildman–Crippen MR) is 78.8 cm³/mol. The smallest absolute Gasteiger partial charge is 0.261 e. The van der Waals surface area contributed by atoms with Crippen LogP contribution in [-0.4, -0.2) is 36.8 Å². The number of nitrogens with zero attached hydrogens (tertiary/aromatic N) is 2. The summed E-state index contributed by atoms with van der Waals surface area (Å²) in [6.07, 6.45) is 4.55. The highest BCUT2D eigenvalue weighted by atomic mass is 32.2. The van der Waals surface area contributed by atoms with Gasteiger partial charge in [0.1, 0.15) is 0 Å². The molecule has 1 aliphatic heterocycles. The Labute approximate surface area is 121 Å². The Bertz CT molecular complexity index is 532. The molecule has 1 aromatic rings. The number of hydrogen-bond donors (Lipinski definition) is 1. The van der Waals surface area contributed by atoms with Gasteiger partial charge >= 0.3 is 0 Å². The monoisotopic (exact) mass is 297 g/mol. The molecule has 2 rings (SSSR count). The first-order valence-corrected chi connectivity index (χ1v) is 8.54. The van der Waals surface area contributed by atoms with Gasteiger partial charge in [-0.05, 0) is 45.4 Å². The lowest BCUT2D eigenvalue weighted by Gasteiger charge is -2.37. The first-order chi connectivity index (χ1) is 9.46. The van der Waals surface area contributed by atoms with Crippen LogP contribution in [0.5, 0.6) is 0 Å². The van der Waals surface area contributed by atoms with Crippen LogP contribution in [0.3, 0.4) is 0 Å². The van der Waals surface area contributed by atoms with Gasteiger partial charge in [0.2, 0.25) is 0 Å². The molecule has 0 bridgehead atoms. The molecule has 0 aliphatic carbocycles. The topological polar surface area (TPSA) is 62.3 Å². The van der Waals surface area contributed by atoms with Crippen LogP contribution in [0.1, 0.15) is 38.7 Å². The van der Waals surface area contributed by atoms with Crippen molar-refractivity contribution in [3.8, 4) is 0 Å². The van der Waals surface area contributed by atoms with Gasteiger partial charge in [-0.3, -0.25) is 0 Å². The predicted octanol–water partition coefficient (Wildman–Crippen LogP) is 1.75. The van der Waals surface area contributed by atoms with Crippen molar-refractivity contribution in [1.29, 1.82) is 0 Å². The van der Waals surface area contributed by atoms with Crippen LogP contribution in [0.4, 0.5) is 0 Å². The van der Waals surface area contributed by atoms with Crippen LogP contribution >= 0.6 is 0 Å². The summed E-state index contributed by atoms with van der Waals surface area (Å²) in [6.45, 7) is 4.63. The molecule has 6 heteroatoms. The van der Waals surface area contributed by atoms with Gasteiger partial charge in [-0.25, -0.2) is 13.4 Å². The molecular weight excluding hydrogens is 274 g/mol. The third-order valence-electron chi connectivity index (χ3n) is 3.83. The Morgan fingerprint density at radius 3 is 2.45 bits per heavy atom. The number of piperidine rings is 1. The second kappa shape index (κ2) is 6.20. The van der Waals surface area contributed by atoms with E-state index >= 15 is 0 Å². The Morgan fingerprint density at radius 2 is 1.95 bits per heavy atom. The van der Waals surface area contributed by atoms with Gasteiger partial charge in [-0.2, -0.15) is 4.31 Å². The number of rotatable bonds is 4. The summed E-state index contributed by atoms with van der Waals surface area (Å²) in [5.41, 5.74) is 0.978. The molecule has 5 nitrogen and oxygen atoms in total. The second-order valence-electron chi connectivity index (χ2n) is 5.50. The number of nitrogens with one attached hydrogen (secondary N) is 1. The quantitative estimate of drug-likeness (QED) is 0.920. The average Bonchev–Trinajstić information content (AvgIpc) is 2.39. The third-order valence-corrected chi connectivity index (χ3v) is 5.88. The minimum Gasteiger partial charge on any atom is -0.316 e. The van der Waals surface area contributed by atoms with Crippen LogP contribution in [-0.2, 0) is 16.6 Å². The molecule has 2 atom stereocenters. The van der Waals surface area contributed by atoms with Crippen LogP contribution in [0.2, 0.25) is 0 Å². The summed E-state index contributed by atoms with van der Waals surface area (Å²) in [5.74, 6) is 0. The summed E-state index contributed by atoms with van der Waals surface area (Å²) < 4.78 is 27.1. The van der Waals surface area contributed by atoms with E-state index in [0.717, 1.165) is 24.8 Å². The normalized spacial score (nSPS) is 24.8. The van der Waals surface area contributed by atoms with Gasteiger partial charge in [0.05, 0.1) is 0 Å². The number of aromatic nitrogens is 1. The zero-order chi connectivity index (χ0) is 14.8. The Hall–Kier alpha value is -0.980. The van der Waals surface area contributed by atoms with Crippen molar-refractivity contribution in [3.63, 3.8) is 0 Å². The van der Waals surface area contributed by atoms with Crippen molar-refractivity contribution in [2.75, 3.05) is 7.05 Å². The van der Waals surface area contributed by atoms with E-state index in [2.05, 4.69) is 10.3 Å². The minimum absolute atomic E-state index is 0.0440. The lowest BCUT2D eigenvalue weighted by Crippen LogP contribution is -2.47. The summed E-state index contributed by atoms with van der Waals surface area (Å²) in [5, 5.41) is 3.17. The van der Waals surface area contributed by atoms with Crippen molar-refractivity contribution in [3.05, 3.63) is 23.9 Å². The second-order valence-corrected chi connectivity index (χ2v) is 7.29. The highest BCUT2D eigenvalue weighted by Gasteiger charge is 2.36. The summed E-state index contributed by atoms with van der Waals surface area (Å²) in [7, 11) is -1.64. The van der Waals surface area contributed by atoms with Crippen LogP contribution in [0.25, 0.3) is 0 Å². The third kappa shape index (κ3) is 3.02. The Kier molecular flexibility index (Phi) is 4.78. The van der Waals surface area contributed by atoms with Crippen molar-refractivity contribution in [2.24, 2.45) is 0 Å². The van der Waals surface area contributed by atoms with Gasteiger partial charge < -0.3 is 5.32 Å². The molecule has 0 radical (unpaired) electrons. The van der Waals surface area contributed by atoms with Crippen molar-refractivity contribution in [2.45, 2.75) is 56.8 Å². The molecule has 1 aromatic heterocycles. The van der Waals surface area contributed by atoms with Gasteiger partial charge in [0, 0.05) is 24.8 Å². The molecule has 1 saturated heterocycles. The van der Waals surface area contributed by atoms with E-state index < -0.39 is 10.0 Å². The minimum atomic E-state index is -3.49. The zero-order valence-corrected chi connectivity index (χ0v) is 13.2. The average molecular weight is 297 g/mol. The first kappa shape index (κ1) is 15.4. The maximum Gasteiger partial charge on any atom is 0.261 e. The SMILES string of the molecule is CNCc1ccc(S(=O)(=O)N2[C@H](C)CCC[C@@H]2C)nc1. The van der Waals surface area contributed by atoms with Gasteiger partial charge in [0.15, 0.2) is 5.03 Å². The van der Waals surface area contributed by atoms with Crippen molar-refractivity contribution < 1.29 is 8.42 Å². The van der Waals surface area contributed by atoms with E-state index in [1.807, 2.05) is 27.0 Å². The Morgan fingerprint density at radius 1 is 1.30 bits per heavy atom. The molecule has 20 heavy (non-hydrogen) atoms. The number of pyridine rings is 1. The van der Waals surface area contributed by atoms with Gasteiger partial charge in [0.25, 0.3) is 10.0 Å². The van der Waals surface area contributed by atoms with Gasteiger partial charge in [-0.1, -0.05) is 12.5 Å². The molecule has 1 N–H and O–H groups in total. The molecule has 2 heterocycles. The maximum absolute atomic E-state index is 12.7. The van der Waals surface area contributed by atoms with Crippen molar-refractivity contribution in [1.82, 2.24) is 14.6 Å². The standard InChI is InChI=1S/C14H23N3O2S/c1-11-5-4-6-12(2)17(11)20(18,19)14-8-7-13(9-15-3)10-16-14/h7-8,10-12,15H,4-6,9H2,1-3H3/t11-,12+. The van der Waals surface area contributed by atoms with Crippen LogP contribution in [0.15, 0.2) is 23.4 Å². The van der Waals surface area contributed by atoms with E-state index in [1.54, 1.807) is 16.6 Å². The molecule has 0 amide bonds. The molecule has 0 spiro atoms. The molecule has 112 valence electrons. The van der Waals surface area contributed by atoms with E-state index in [9.17, 15) is 8.42 Å². The van der Waals surface area contributed by atoms with Crippen molar-refractivity contribution >= 4 is 10.0 Å². The van der Waals surface area contributed by atoms with E-state index in [4.69, 9.17) is 0 Å². The largest absolute Gasteiger partial charge is 0.316 e.